The molecule has 0 bridgehead atoms. The fraction of sp³-hybridized carbons (Fsp3) is 0.450. The van der Waals surface area contributed by atoms with E-state index in [1.807, 2.05) is 50.3 Å². The highest BCUT2D eigenvalue weighted by Crippen LogP contribution is 2.41. The SMILES string of the molecule is [2H]C(/C=C/C(C)=C/C=C/C=C(C)/C=C/C([2H])=C(/C=C/C1=C(C)CCCC1(C)C)C([2H])([2H])[2H])=C(/C=C/C1=C(C)CCCC1(C)C)C([2H])([2H])[2H]. The molecule has 2 aliphatic rings. The van der Waals surface area contributed by atoms with Gasteiger partial charge in [0.05, 0.1) is 2.74 Å². The molecule has 0 nitrogen and oxygen atoms in total. The van der Waals surface area contributed by atoms with Crippen molar-refractivity contribution in [3.05, 3.63) is 130 Å². The van der Waals surface area contributed by atoms with E-state index in [9.17, 15) is 0 Å². The molecule has 40 heavy (non-hydrogen) atoms. The van der Waals surface area contributed by atoms with Crippen LogP contribution in [0.1, 0.15) is 119 Å². The van der Waals surface area contributed by atoms with E-state index in [1.165, 1.54) is 23.3 Å². The Morgan fingerprint density at radius 3 is 1.38 bits per heavy atom. The second-order valence-corrected chi connectivity index (χ2v) is 12.5. The van der Waals surface area contributed by atoms with Crippen LogP contribution in [-0.4, -0.2) is 0 Å². The zero-order chi connectivity index (χ0) is 36.5. The minimum Gasteiger partial charge on any atom is -0.0696 e. The summed E-state index contributed by atoms with van der Waals surface area (Å²) in [7, 11) is 0. The highest BCUT2D eigenvalue weighted by Gasteiger charge is 2.27. The first-order valence-corrected chi connectivity index (χ1v) is 14.6. The number of rotatable bonds is 10. The Balaban J connectivity index is 2.21. The molecule has 0 N–H and O–H groups in total. The van der Waals surface area contributed by atoms with Crippen molar-refractivity contribution in [2.45, 2.75) is 108 Å². The van der Waals surface area contributed by atoms with Crippen LogP contribution in [0.3, 0.4) is 0 Å². The van der Waals surface area contributed by atoms with Gasteiger partial charge in [-0.2, -0.15) is 0 Å². The smallest absolute Gasteiger partial charge is 0.0625 e. The van der Waals surface area contributed by atoms with Crippen LogP contribution in [0.15, 0.2) is 130 Å². The molecule has 0 aromatic heterocycles. The first kappa shape index (κ1) is 22.8. The summed E-state index contributed by atoms with van der Waals surface area (Å²) in [5.74, 6) is 0. The van der Waals surface area contributed by atoms with Gasteiger partial charge in [0.15, 0.2) is 0 Å². The average molecular weight is 545 g/mol. The number of hydrogen-bond donors (Lipinski definition) is 0. The lowest BCUT2D eigenvalue weighted by Crippen LogP contribution is -2.19. The van der Waals surface area contributed by atoms with Gasteiger partial charge in [-0.15, -0.1) is 0 Å². The number of hydrogen-bond acceptors (Lipinski definition) is 0. The second kappa shape index (κ2) is 15.8. The molecule has 0 spiro atoms. The minimum absolute atomic E-state index is 0.0130. The third kappa shape index (κ3) is 11.3. The Hall–Kier alpha value is -2.86. The molecule has 0 aliphatic heterocycles. The van der Waals surface area contributed by atoms with E-state index >= 15 is 0 Å². The Labute approximate surface area is 259 Å². The van der Waals surface area contributed by atoms with Crippen molar-refractivity contribution in [1.82, 2.24) is 0 Å². The van der Waals surface area contributed by atoms with E-state index in [2.05, 4.69) is 41.5 Å². The van der Waals surface area contributed by atoms with Gasteiger partial charge in [0, 0.05) is 8.22 Å². The maximum Gasteiger partial charge on any atom is 0.0625 e. The molecule has 0 saturated heterocycles. The molecule has 0 heterocycles. The largest absolute Gasteiger partial charge is 0.0696 e. The fourth-order valence-corrected chi connectivity index (χ4v) is 5.50. The molecule has 0 saturated carbocycles. The minimum atomic E-state index is -2.41. The molecule has 2 aliphatic carbocycles. The fourth-order valence-electron chi connectivity index (χ4n) is 5.50. The van der Waals surface area contributed by atoms with Crippen molar-refractivity contribution < 1.29 is 11.0 Å². The van der Waals surface area contributed by atoms with Crippen molar-refractivity contribution in [2.24, 2.45) is 10.8 Å². The quantitative estimate of drug-likeness (QED) is 0.240. The molecule has 0 atom stereocenters. The van der Waals surface area contributed by atoms with Crippen LogP contribution in [0, 0.1) is 10.8 Å². The van der Waals surface area contributed by atoms with Gasteiger partial charge >= 0.3 is 0 Å². The third-order valence-electron chi connectivity index (χ3n) is 7.92. The second-order valence-electron chi connectivity index (χ2n) is 12.5. The van der Waals surface area contributed by atoms with Crippen LogP contribution < -0.4 is 0 Å². The molecule has 0 aromatic carbocycles. The summed E-state index contributed by atoms with van der Waals surface area (Å²) in [5.41, 5.74) is 6.53. The maximum absolute atomic E-state index is 8.51. The molecule has 0 fully saturated rings. The molecule has 216 valence electrons. The van der Waals surface area contributed by atoms with E-state index < -0.39 is 13.7 Å². The summed E-state index contributed by atoms with van der Waals surface area (Å²) in [4.78, 5) is 0. The van der Waals surface area contributed by atoms with Gasteiger partial charge in [-0.05, 0) is 102 Å². The molecule has 0 aromatic rings. The monoisotopic (exact) mass is 544 g/mol. The lowest BCUT2D eigenvalue weighted by molar-refractivity contribution is 0.376. The molecule has 0 heteroatoms. The molecule has 0 amide bonds. The summed E-state index contributed by atoms with van der Waals surface area (Å²) in [6, 6.07) is -0.0916. The van der Waals surface area contributed by atoms with Gasteiger partial charge in [0.2, 0.25) is 0 Å². The highest BCUT2D eigenvalue weighted by molar-refractivity contribution is 5.39. The summed E-state index contributed by atoms with van der Waals surface area (Å²) < 4.78 is 65.1. The Morgan fingerprint density at radius 1 is 0.625 bits per heavy atom. The van der Waals surface area contributed by atoms with Crippen molar-refractivity contribution in [3.63, 3.8) is 0 Å². The van der Waals surface area contributed by atoms with Gasteiger partial charge in [0.1, 0.15) is 0 Å². The molecule has 0 unspecified atom stereocenters. The van der Waals surface area contributed by atoms with E-state index in [1.54, 1.807) is 24.3 Å². The molecule has 0 radical (unpaired) electrons. The first-order valence-electron chi connectivity index (χ1n) is 18.6. The summed E-state index contributed by atoms with van der Waals surface area (Å²) in [5, 5.41) is 0. The van der Waals surface area contributed by atoms with Gasteiger partial charge in [-0.25, -0.2) is 0 Å². The summed E-state index contributed by atoms with van der Waals surface area (Å²) in [6.45, 7) is 11.9. The molecular weight excluding hydrogens is 480 g/mol. The van der Waals surface area contributed by atoms with Crippen LogP contribution >= 0.6 is 0 Å². The van der Waals surface area contributed by atoms with Crippen molar-refractivity contribution in [3.8, 4) is 0 Å². The Morgan fingerprint density at radius 2 is 1.02 bits per heavy atom. The van der Waals surface area contributed by atoms with Crippen LogP contribution in [0.4, 0.5) is 0 Å². The first-order chi connectivity index (χ1) is 22.1. The highest BCUT2D eigenvalue weighted by atomic mass is 14.3. The van der Waals surface area contributed by atoms with Gasteiger partial charge in [0.25, 0.3) is 0 Å². The van der Waals surface area contributed by atoms with Gasteiger partial charge < -0.3 is 0 Å². The third-order valence-corrected chi connectivity index (χ3v) is 7.92. The Bertz CT molecular complexity index is 1400. The summed E-state index contributed by atoms with van der Waals surface area (Å²) in [6.07, 6.45) is 27.2. The van der Waals surface area contributed by atoms with Crippen LogP contribution in [0.5, 0.6) is 0 Å². The predicted molar refractivity (Wildman–Crippen MR) is 181 cm³/mol. The van der Waals surface area contributed by atoms with Crippen LogP contribution in [0.2, 0.25) is 0 Å². The zero-order valence-corrected chi connectivity index (χ0v) is 26.2. The maximum atomic E-state index is 8.51. The van der Waals surface area contributed by atoms with Crippen molar-refractivity contribution in [1.29, 1.82) is 0 Å². The standard InChI is InChI=1S/C40H56/c1-31(19-13-21-33(3)25-27-37-35(5)23-15-29-39(37,7)8)17-11-12-18-32(2)20-14-22-34(4)26-28-38-36(6)24-16-30-40(38,9)10/h11-14,17-22,25-28H,15-16,23-24,29-30H2,1-10H3/b12-11+,19-13+,20-14+,27-25+,28-26+,31-17+,32-18+,33-21-,34-22+/i3D3,4D3,21D,22D. The zero-order valence-electron chi connectivity index (χ0n) is 34.2. The predicted octanol–water partition coefficient (Wildman–Crippen LogP) is 12.6. The van der Waals surface area contributed by atoms with Crippen LogP contribution in [0.25, 0.3) is 0 Å². The normalized spacial score (nSPS) is 26.0. The molecular formula is C40H56. The van der Waals surface area contributed by atoms with E-state index in [0.29, 0.717) is 0 Å². The van der Waals surface area contributed by atoms with Crippen molar-refractivity contribution in [2.75, 3.05) is 0 Å². The average Bonchev–Trinajstić information content (AvgIpc) is 2.94. The topological polar surface area (TPSA) is 0 Å². The van der Waals surface area contributed by atoms with Gasteiger partial charge in [-0.3, -0.25) is 0 Å². The van der Waals surface area contributed by atoms with E-state index in [-0.39, 0.29) is 34.1 Å². The van der Waals surface area contributed by atoms with Crippen molar-refractivity contribution >= 4 is 0 Å². The van der Waals surface area contributed by atoms with E-state index in [0.717, 1.165) is 60.8 Å². The number of allylic oxidation sites excluding steroid dienone is 22. The lowest BCUT2D eigenvalue weighted by atomic mass is 9.72. The summed E-state index contributed by atoms with van der Waals surface area (Å²) >= 11 is 0. The van der Waals surface area contributed by atoms with Gasteiger partial charge in [-0.1, -0.05) is 146 Å². The van der Waals surface area contributed by atoms with Crippen LogP contribution in [-0.2, 0) is 0 Å². The van der Waals surface area contributed by atoms with E-state index in [4.69, 9.17) is 11.0 Å². The Kier molecular flexibility index (Phi) is 9.00. The molecule has 2 rings (SSSR count). The lowest BCUT2D eigenvalue weighted by Gasteiger charge is -2.33.